The molecule has 0 amide bonds. The molecule has 0 saturated carbocycles. The van der Waals surface area contributed by atoms with Gasteiger partial charge in [-0.3, -0.25) is 10.3 Å². The highest BCUT2D eigenvalue weighted by molar-refractivity contribution is 7.80. The molecule has 0 spiro atoms. The standard InChI is InChI=1S/C20H23F2N5S/c21-17-11-19(18(22)10-15(17)12-24-26-20(23)28)25-16-6-8-27(9-7-16)13-14-4-2-1-3-5-14/h1-5,10-12,16,25H,6-9,13H2,(H3,23,26,28). The minimum atomic E-state index is -0.570. The van der Waals surface area contributed by atoms with Crippen LogP contribution in [-0.2, 0) is 6.54 Å². The average molecular weight is 404 g/mol. The molecule has 0 bridgehead atoms. The van der Waals surface area contributed by atoms with E-state index in [2.05, 4.69) is 45.1 Å². The average Bonchev–Trinajstić information content (AvgIpc) is 2.67. The quantitative estimate of drug-likeness (QED) is 0.393. The fraction of sp³-hybridized carbons (Fsp3) is 0.300. The Morgan fingerprint density at radius 1 is 1.18 bits per heavy atom. The first-order valence-corrected chi connectivity index (χ1v) is 9.52. The van der Waals surface area contributed by atoms with Gasteiger partial charge in [-0.15, -0.1) is 0 Å². The Kier molecular flexibility index (Phi) is 6.89. The Morgan fingerprint density at radius 2 is 1.89 bits per heavy atom. The summed E-state index contributed by atoms with van der Waals surface area (Å²) < 4.78 is 28.6. The van der Waals surface area contributed by atoms with Crippen molar-refractivity contribution in [3.8, 4) is 0 Å². The fourth-order valence-corrected chi connectivity index (χ4v) is 3.29. The number of halogens is 2. The van der Waals surface area contributed by atoms with Crippen LogP contribution in [0.2, 0.25) is 0 Å². The Balaban J connectivity index is 1.55. The number of hydrogen-bond donors (Lipinski definition) is 3. The smallest absolute Gasteiger partial charge is 0.184 e. The number of rotatable bonds is 6. The molecule has 4 N–H and O–H groups in total. The van der Waals surface area contributed by atoms with E-state index in [1.807, 2.05) is 18.2 Å². The van der Waals surface area contributed by atoms with Crippen LogP contribution < -0.4 is 16.5 Å². The van der Waals surface area contributed by atoms with Crippen LogP contribution in [0, 0.1) is 11.6 Å². The molecular weight excluding hydrogens is 380 g/mol. The predicted molar refractivity (Wildman–Crippen MR) is 112 cm³/mol. The molecule has 0 radical (unpaired) electrons. The molecule has 148 valence electrons. The Labute approximate surface area is 168 Å². The van der Waals surface area contributed by atoms with E-state index in [9.17, 15) is 8.78 Å². The molecule has 1 fully saturated rings. The number of anilines is 1. The second-order valence-corrected chi connectivity index (χ2v) is 7.21. The summed E-state index contributed by atoms with van der Waals surface area (Å²) in [5.41, 5.74) is 9.01. The molecule has 1 heterocycles. The number of thiocarbonyl (C=S) groups is 1. The third-order valence-corrected chi connectivity index (χ3v) is 4.75. The van der Waals surface area contributed by atoms with Gasteiger partial charge in [0.05, 0.1) is 11.9 Å². The van der Waals surface area contributed by atoms with Crippen molar-refractivity contribution in [1.82, 2.24) is 10.3 Å². The van der Waals surface area contributed by atoms with Gasteiger partial charge >= 0.3 is 0 Å². The maximum absolute atomic E-state index is 14.4. The van der Waals surface area contributed by atoms with Crippen molar-refractivity contribution in [3.63, 3.8) is 0 Å². The van der Waals surface area contributed by atoms with Gasteiger partial charge < -0.3 is 11.1 Å². The van der Waals surface area contributed by atoms with Gasteiger partial charge in [0.1, 0.15) is 11.6 Å². The van der Waals surface area contributed by atoms with Crippen molar-refractivity contribution in [1.29, 1.82) is 0 Å². The van der Waals surface area contributed by atoms with E-state index in [4.69, 9.17) is 5.73 Å². The molecule has 1 aliphatic heterocycles. The highest BCUT2D eigenvalue weighted by Gasteiger charge is 2.20. The number of likely N-dealkylation sites (tertiary alicyclic amines) is 1. The molecule has 1 aliphatic rings. The summed E-state index contributed by atoms with van der Waals surface area (Å²) in [4.78, 5) is 2.37. The number of nitrogens with two attached hydrogens (primary N) is 1. The van der Waals surface area contributed by atoms with E-state index in [0.717, 1.165) is 50.8 Å². The van der Waals surface area contributed by atoms with Crippen LogP contribution >= 0.6 is 12.2 Å². The van der Waals surface area contributed by atoms with Crippen molar-refractivity contribution in [2.24, 2.45) is 10.8 Å². The summed E-state index contributed by atoms with van der Waals surface area (Å²) in [6, 6.07) is 12.7. The van der Waals surface area contributed by atoms with Gasteiger partial charge in [0.15, 0.2) is 5.11 Å². The zero-order valence-corrected chi connectivity index (χ0v) is 16.2. The van der Waals surface area contributed by atoms with E-state index < -0.39 is 11.6 Å². The van der Waals surface area contributed by atoms with Gasteiger partial charge in [0, 0.05) is 37.3 Å². The summed E-state index contributed by atoms with van der Waals surface area (Å²) in [7, 11) is 0. The summed E-state index contributed by atoms with van der Waals surface area (Å²) >= 11 is 4.60. The first-order chi connectivity index (χ1) is 13.5. The molecule has 0 aromatic heterocycles. The van der Waals surface area contributed by atoms with Gasteiger partial charge in [-0.25, -0.2) is 8.78 Å². The molecule has 2 aromatic rings. The highest BCUT2D eigenvalue weighted by atomic mass is 32.1. The molecule has 0 atom stereocenters. The zero-order valence-electron chi connectivity index (χ0n) is 15.4. The molecular formula is C20H23F2N5S. The van der Waals surface area contributed by atoms with E-state index in [1.54, 1.807) is 0 Å². The van der Waals surface area contributed by atoms with Gasteiger partial charge in [-0.2, -0.15) is 5.10 Å². The van der Waals surface area contributed by atoms with E-state index in [0.29, 0.717) is 0 Å². The van der Waals surface area contributed by atoms with E-state index >= 15 is 0 Å². The monoisotopic (exact) mass is 403 g/mol. The summed E-state index contributed by atoms with van der Waals surface area (Å²) in [6.45, 7) is 2.73. The van der Waals surface area contributed by atoms with Gasteiger partial charge in [0.25, 0.3) is 0 Å². The van der Waals surface area contributed by atoms with Crippen molar-refractivity contribution in [2.75, 3.05) is 18.4 Å². The predicted octanol–water partition coefficient (Wildman–Crippen LogP) is 3.21. The molecule has 8 heteroatoms. The molecule has 3 rings (SSSR count). The second-order valence-electron chi connectivity index (χ2n) is 6.77. The summed E-state index contributed by atoms with van der Waals surface area (Å²) in [5, 5.41) is 6.74. The topological polar surface area (TPSA) is 65.7 Å². The number of piperidine rings is 1. The van der Waals surface area contributed by atoms with Crippen LogP contribution in [0.4, 0.5) is 14.5 Å². The van der Waals surface area contributed by atoms with Crippen LogP contribution in [0.25, 0.3) is 0 Å². The van der Waals surface area contributed by atoms with Crippen molar-refractivity contribution in [3.05, 3.63) is 65.2 Å². The molecule has 28 heavy (non-hydrogen) atoms. The third-order valence-electron chi connectivity index (χ3n) is 4.66. The van der Waals surface area contributed by atoms with E-state index in [-0.39, 0.29) is 22.4 Å². The first-order valence-electron chi connectivity index (χ1n) is 9.11. The maximum Gasteiger partial charge on any atom is 0.184 e. The number of benzene rings is 2. The third kappa shape index (κ3) is 5.71. The lowest BCUT2D eigenvalue weighted by molar-refractivity contribution is 0.211. The normalized spacial score (nSPS) is 15.6. The van der Waals surface area contributed by atoms with Gasteiger partial charge in [-0.1, -0.05) is 30.3 Å². The van der Waals surface area contributed by atoms with Gasteiger partial charge in [-0.05, 0) is 36.7 Å². The minimum Gasteiger partial charge on any atom is -0.380 e. The molecule has 0 aliphatic carbocycles. The summed E-state index contributed by atoms with van der Waals surface area (Å²) in [5.74, 6) is -1.09. The van der Waals surface area contributed by atoms with Crippen LogP contribution in [0.15, 0.2) is 47.6 Å². The lowest BCUT2D eigenvalue weighted by Crippen LogP contribution is -2.38. The largest absolute Gasteiger partial charge is 0.380 e. The first kappa shape index (κ1) is 20.2. The molecule has 1 saturated heterocycles. The Hall–Kier alpha value is -2.58. The maximum atomic E-state index is 14.4. The molecule has 0 unspecified atom stereocenters. The minimum absolute atomic E-state index is 0.0180. The second kappa shape index (κ2) is 9.57. The lowest BCUT2D eigenvalue weighted by atomic mass is 10.0. The van der Waals surface area contributed by atoms with Gasteiger partial charge in [0.2, 0.25) is 0 Å². The lowest BCUT2D eigenvalue weighted by Gasteiger charge is -2.33. The van der Waals surface area contributed by atoms with Crippen LogP contribution in [0.5, 0.6) is 0 Å². The molecule has 2 aromatic carbocycles. The SMILES string of the molecule is NC(=S)NN=Cc1cc(F)c(NC2CCN(Cc3ccccc3)CC2)cc1F. The number of hydrazone groups is 1. The summed E-state index contributed by atoms with van der Waals surface area (Å²) in [6.07, 6.45) is 2.88. The van der Waals surface area contributed by atoms with Crippen molar-refractivity contribution < 1.29 is 8.78 Å². The highest BCUT2D eigenvalue weighted by Crippen LogP contribution is 2.23. The number of nitrogens with zero attached hydrogens (tertiary/aromatic N) is 2. The Bertz CT molecular complexity index is 836. The number of hydrogen-bond acceptors (Lipinski definition) is 4. The van der Waals surface area contributed by atoms with Crippen LogP contribution in [0.1, 0.15) is 24.0 Å². The van der Waals surface area contributed by atoms with Crippen LogP contribution in [0.3, 0.4) is 0 Å². The van der Waals surface area contributed by atoms with Crippen LogP contribution in [-0.4, -0.2) is 35.4 Å². The van der Waals surface area contributed by atoms with Crippen molar-refractivity contribution in [2.45, 2.75) is 25.4 Å². The fourth-order valence-electron chi connectivity index (χ4n) is 3.23. The zero-order chi connectivity index (χ0) is 19.9. The molecule has 5 nitrogen and oxygen atoms in total. The van der Waals surface area contributed by atoms with E-state index in [1.165, 1.54) is 5.56 Å². The van der Waals surface area contributed by atoms with Crippen molar-refractivity contribution >= 4 is 29.2 Å². The number of nitrogens with one attached hydrogen (secondary N) is 2. The Morgan fingerprint density at radius 3 is 2.57 bits per heavy atom.